The van der Waals surface area contributed by atoms with Gasteiger partial charge in [-0.05, 0) is 38.0 Å². The van der Waals surface area contributed by atoms with Crippen LogP contribution in [0.4, 0.5) is 0 Å². The van der Waals surface area contributed by atoms with Crippen molar-refractivity contribution in [3.63, 3.8) is 0 Å². The Labute approximate surface area is 188 Å². The minimum Gasteiger partial charge on any atom is -0.459 e. The number of hydrogen-bond donors (Lipinski definition) is 2. The number of hydrogen-bond acceptors (Lipinski definition) is 3. The molecule has 0 spiro atoms. The number of aryl methyl sites for hydroxylation is 1. The number of aliphatic imine (C=N–C) groups is 1. The van der Waals surface area contributed by atoms with Gasteiger partial charge in [0.1, 0.15) is 0 Å². The van der Waals surface area contributed by atoms with Crippen LogP contribution in [0.3, 0.4) is 0 Å². The van der Waals surface area contributed by atoms with Gasteiger partial charge in [0.25, 0.3) is 5.91 Å². The Balaban J connectivity index is 0.00000392. The van der Waals surface area contributed by atoms with Gasteiger partial charge < -0.3 is 20.0 Å². The van der Waals surface area contributed by atoms with E-state index in [-0.39, 0.29) is 29.9 Å². The van der Waals surface area contributed by atoms with Crippen LogP contribution in [-0.4, -0.2) is 43.4 Å². The minimum absolute atomic E-state index is 0. The summed E-state index contributed by atoms with van der Waals surface area (Å²) in [5.74, 6) is 0.987. The first-order chi connectivity index (χ1) is 13.0. The molecule has 0 saturated heterocycles. The van der Waals surface area contributed by atoms with Crippen LogP contribution in [0, 0.1) is 6.92 Å². The third-order valence-corrected chi connectivity index (χ3v) is 4.38. The summed E-state index contributed by atoms with van der Waals surface area (Å²) in [7, 11) is 1.98. The standard InChI is InChI=1S/C20H27ClN4O2.HI/c1-4-22-20(25(3)14-16-8-5-6-9-17(16)21)24-12-7-11-23-19(26)18-15(2)10-13-27-18;/h5-6,8-10,13H,4,7,11-12,14H2,1-3H3,(H,22,24)(H,23,26);1H. The molecule has 0 aliphatic heterocycles. The molecular weight excluding hydrogens is 491 g/mol. The molecular formula is C20H28ClIN4O2. The second-order valence-electron chi connectivity index (χ2n) is 6.23. The van der Waals surface area contributed by atoms with E-state index in [9.17, 15) is 4.79 Å². The molecule has 0 bridgehead atoms. The van der Waals surface area contributed by atoms with Crippen LogP contribution >= 0.6 is 35.6 Å². The second-order valence-corrected chi connectivity index (χ2v) is 6.63. The predicted octanol–water partition coefficient (Wildman–Crippen LogP) is 4.08. The lowest BCUT2D eigenvalue weighted by Crippen LogP contribution is -2.38. The molecule has 1 aromatic heterocycles. The molecule has 28 heavy (non-hydrogen) atoms. The maximum absolute atomic E-state index is 12.0. The summed E-state index contributed by atoms with van der Waals surface area (Å²) in [5.41, 5.74) is 1.88. The van der Waals surface area contributed by atoms with E-state index in [0.717, 1.165) is 35.1 Å². The third kappa shape index (κ3) is 7.35. The number of nitrogens with one attached hydrogen (secondary N) is 2. The third-order valence-electron chi connectivity index (χ3n) is 4.01. The smallest absolute Gasteiger partial charge is 0.287 e. The van der Waals surface area contributed by atoms with Crippen molar-refractivity contribution >= 4 is 47.4 Å². The molecule has 0 unspecified atom stereocenters. The van der Waals surface area contributed by atoms with Crippen LogP contribution in [0.25, 0.3) is 0 Å². The Morgan fingerprint density at radius 1 is 1.25 bits per heavy atom. The lowest BCUT2D eigenvalue weighted by Gasteiger charge is -2.22. The molecule has 2 rings (SSSR count). The van der Waals surface area contributed by atoms with E-state index >= 15 is 0 Å². The van der Waals surface area contributed by atoms with Gasteiger partial charge in [0.2, 0.25) is 0 Å². The predicted molar refractivity (Wildman–Crippen MR) is 125 cm³/mol. The number of nitrogens with zero attached hydrogens (tertiary/aromatic N) is 2. The highest BCUT2D eigenvalue weighted by Gasteiger charge is 2.11. The van der Waals surface area contributed by atoms with Gasteiger partial charge in [0.15, 0.2) is 11.7 Å². The molecule has 0 fully saturated rings. The van der Waals surface area contributed by atoms with Crippen LogP contribution in [0.2, 0.25) is 5.02 Å². The number of carbonyl (C=O) groups is 1. The first-order valence-electron chi connectivity index (χ1n) is 9.08. The Hall–Kier alpha value is -1.74. The highest BCUT2D eigenvalue weighted by molar-refractivity contribution is 14.0. The van der Waals surface area contributed by atoms with Crippen LogP contribution < -0.4 is 10.6 Å². The number of carbonyl (C=O) groups excluding carboxylic acids is 1. The first kappa shape index (κ1) is 24.3. The normalized spacial score (nSPS) is 10.9. The van der Waals surface area contributed by atoms with Gasteiger partial charge in [-0.2, -0.15) is 0 Å². The fourth-order valence-corrected chi connectivity index (χ4v) is 2.77. The Morgan fingerprint density at radius 3 is 2.64 bits per heavy atom. The zero-order valence-electron chi connectivity index (χ0n) is 16.5. The van der Waals surface area contributed by atoms with E-state index in [1.165, 1.54) is 6.26 Å². The Morgan fingerprint density at radius 2 is 2.00 bits per heavy atom. The average molecular weight is 519 g/mol. The van der Waals surface area contributed by atoms with Gasteiger partial charge in [0.05, 0.1) is 6.26 Å². The van der Waals surface area contributed by atoms with Crippen LogP contribution in [0.15, 0.2) is 46.0 Å². The number of furan rings is 1. The molecule has 8 heteroatoms. The Kier molecular flexibility index (Phi) is 11.0. The summed E-state index contributed by atoms with van der Waals surface area (Å²) < 4.78 is 5.18. The number of amides is 1. The zero-order chi connectivity index (χ0) is 19.6. The van der Waals surface area contributed by atoms with E-state index in [2.05, 4.69) is 15.6 Å². The van der Waals surface area contributed by atoms with Gasteiger partial charge in [-0.15, -0.1) is 24.0 Å². The van der Waals surface area contributed by atoms with Crippen molar-refractivity contribution in [2.45, 2.75) is 26.8 Å². The SMILES string of the molecule is CCNC(=NCCCNC(=O)c1occc1C)N(C)Cc1ccccc1Cl.I. The summed E-state index contributed by atoms with van der Waals surface area (Å²) >= 11 is 6.24. The molecule has 2 N–H and O–H groups in total. The average Bonchev–Trinajstić information content (AvgIpc) is 3.08. The molecule has 1 aromatic carbocycles. The van der Waals surface area contributed by atoms with Gasteiger partial charge in [-0.1, -0.05) is 29.8 Å². The number of rotatable bonds is 8. The highest BCUT2D eigenvalue weighted by Crippen LogP contribution is 2.16. The fourth-order valence-electron chi connectivity index (χ4n) is 2.58. The lowest BCUT2D eigenvalue weighted by atomic mass is 10.2. The van der Waals surface area contributed by atoms with Crippen molar-refractivity contribution in [2.75, 3.05) is 26.7 Å². The van der Waals surface area contributed by atoms with Gasteiger partial charge in [-0.3, -0.25) is 9.79 Å². The summed E-state index contributed by atoms with van der Waals surface area (Å²) in [6.45, 7) is 6.47. The van der Waals surface area contributed by atoms with Gasteiger partial charge in [-0.25, -0.2) is 0 Å². The molecule has 0 atom stereocenters. The van der Waals surface area contributed by atoms with Crippen molar-refractivity contribution in [3.8, 4) is 0 Å². The maximum Gasteiger partial charge on any atom is 0.287 e. The fraction of sp³-hybridized carbons (Fsp3) is 0.400. The van der Waals surface area contributed by atoms with Crippen LogP contribution in [-0.2, 0) is 6.54 Å². The van der Waals surface area contributed by atoms with Crippen molar-refractivity contribution < 1.29 is 9.21 Å². The summed E-state index contributed by atoms with van der Waals surface area (Å²) in [6, 6.07) is 9.57. The number of benzene rings is 1. The second kappa shape index (κ2) is 12.7. The van der Waals surface area contributed by atoms with Crippen molar-refractivity contribution in [1.82, 2.24) is 15.5 Å². The van der Waals surface area contributed by atoms with Gasteiger partial charge >= 0.3 is 0 Å². The maximum atomic E-state index is 12.0. The molecule has 2 aromatic rings. The summed E-state index contributed by atoms with van der Waals surface area (Å²) in [4.78, 5) is 18.7. The topological polar surface area (TPSA) is 69.9 Å². The Bertz CT molecular complexity index is 779. The van der Waals surface area contributed by atoms with Crippen molar-refractivity contribution in [3.05, 3.63) is 58.5 Å². The van der Waals surface area contributed by atoms with E-state index in [4.69, 9.17) is 16.0 Å². The molecule has 0 radical (unpaired) electrons. The van der Waals surface area contributed by atoms with E-state index < -0.39 is 0 Å². The molecule has 1 amide bonds. The molecule has 0 aliphatic carbocycles. The highest BCUT2D eigenvalue weighted by atomic mass is 127. The molecule has 0 saturated carbocycles. The molecule has 0 aliphatic rings. The number of halogens is 2. The monoisotopic (exact) mass is 518 g/mol. The van der Waals surface area contributed by atoms with Crippen LogP contribution in [0.1, 0.15) is 35.0 Å². The molecule has 154 valence electrons. The molecule has 1 heterocycles. The minimum atomic E-state index is -0.191. The van der Waals surface area contributed by atoms with E-state index in [1.807, 2.05) is 50.1 Å². The summed E-state index contributed by atoms with van der Waals surface area (Å²) in [6.07, 6.45) is 2.26. The summed E-state index contributed by atoms with van der Waals surface area (Å²) in [5, 5.41) is 6.88. The largest absolute Gasteiger partial charge is 0.459 e. The zero-order valence-corrected chi connectivity index (χ0v) is 19.6. The number of guanidine groups is 1. The first-order valence-corrected chi connectivity index (χ1v) is 9.45. The van der Waals surface area contributed by atoms with E-state index in [0.29, 0.717) is 25.4 Å². The molecule has 6 nitrogen and oxygen atoms in total. The lowest BCUT2D eigenvalue weighted by molar-refractivity contribution is 0.0925. The van der Waals surface area contributed by atoms with Crippen molar-refractivity contribution in [1.29, 1.82) is 0 Å². The van der Waals surface area contributed by atoms with Gasteiger partial charge in [0, 0.05) is 43.8 Å². The van der Waals surface area contributed by atoms with Crippen molar-refractivity contribution in [2.24, 2.45) is 4.99 Å². The van der Waals surface area contributed by atoms with Crippen LogP contribution in [0.5, 0.6) is 0 Å². The quantitative estimate of drug-likeness (QED) is 0.239. The van der Waals surface area contributed by atoms with E-state index in [1.54, 1.807) is 6.07 Å².